The quantitative estimate of drug-likeness (QED) is 0.586. The number of hydrogen-bond donors (Lipinski definition) is 3. The normalized spacial score (nSPS) is 17.3. The molecule has 0 saturated carbocycles. The standard InChI is InChI=1S/C17H21N3S/c1-2-4-15-14-11-13(7-6-12(14)8-9-19-15)20-17(18)16-5-3-10-21-16/h3,5-7,10-11,15,19H,2,4,8-9H2,1H3,(H2,18,20). The average Bonchev–Trinajstić information content (AvgIpc) is 3.02. The van der Waals surface area contributed by atoms with Crippen molar-refractivity contribution in [2.45, 2.75) is 32.2 Å². The fourth-order valence-corrected chi connectivity index (χ4v) is 3.52. The van der Waals surface area contributed by atoms with Gasteiger partial charge in [-0.05, 0) is 54.1 Å². The Morgan fingerprint density at radius 3 is 3.10 bits per heavy atom. The van der Waals surface area contributed by atoms with E-state index < -0.39 is 0 Å². The number of nitrogens with one attached hydrogen (secondary N) is 3. The maximum absolute atomic E-state index is 8.14. The van der Waals surface area contributed by atoms with Gasteiger partial charge in [-0.25, -0.2) is 0 Å². The maximum atomic E-state index is 8.14. The molecule has 0 aliphatic carbocycles. The molecule has 1 atom stereocenters. The Morgan fingerprint density at radius 1 is 1.43 bits per heavy atom. The van der Waals surface area contributed by atoms with E-state index in [2.05, 4.69) is 35.8 Å². The Balaban J connectivity index is 1.81. The number of fused-ring (bicyclic) bond motifs is 1. The van der Waals surface area contributed by atoms with E-state index in [1.807, 2.05) is 17.5 Å². The molecular formula is C17H21N3S. The van der Waals surface area contributed by atoms with E-state index in [-0.39, 0.29) is 0 Å². The summed E-state index contributed by atoms with van der Waals surface area (Å²) in [6.07, 6.45) is 3.44. The molecular weight excluding hydrogens is 278 g/mol. The van der Waals surface area contributed by atoms with Gasteiger partial charge >= 0.3 is 0 Å². The number of amidine groups is 1. The van der Waals surface area contributed by atoms with Crippen molar-refractivity contribution in [3.05, 3.63) is 51.7 Å². The number of thiophene rings is 1. The summed E-state index contributed by atoms with van der Waals surface area (Å²) < 4.78 is 0. The van der Waals surface area contributed by atoms with Crippen LogP contribution in [0.4, 0.5) is 5.69 Å². The molecule has 0 spiro atoms. The van der Waals surface area contributed by atoms with Crippen molar-refractivity contribution in [3.63, 3.8) is 0 Å². The number of rotatable bonds is 4. The van der Waals surface area contributed by atoms with Crippen LogP contribution >= 0.6 is 11.3 Å². The summed E-state index contributed by atoms with van der Waals surface area (Å²) in [5.74, 6) is 0.473. The molecule has 3 rings (SSSR count). The molecule has 4 heteroatoms. The third kappa shape index (κ3) is 3.17. The van der Waals surface area contributed by atoms with Crippen molar-refractivity contribution in [3.8, 4) is 0 Å². The largest absolute Gasteiger partial charge is 0.340 e. The van der Waals surface area contributed by atoms with E-state index >= 15 is 0 Å². The molecule has 3 N–H and O–H groups in total. The molecule has 0 radical (unpaired) electrons. The first kappa shape index (κ1) is 14.3. The predicted molar refractivity (Wildman–Crippen MR) is 90.6 cm³/mol. The first-order chi connectivity index (χ1) is 10.3. The van der Waals surface area contributed by atoms with Crippen LogP contribution in [0.3, 0.4) is 0 Å². The molecule has 2 heterocycles. The van der Waals surface area contributed by atoms with Crippen molar-refractivity contribution >= 4 is 22.9 Å². The van der Waals surface area contributed by atoms with E-state index in [1.165, 1.54) is 24.0 Å². The highest BCUT2D eigenvalue weighted by molar-refractivity contribution is 7.12. The van der Waals surface area contributed by atoms with E-state index in [0.29, 0.717) is 11.9 Å². The minimum Gasteiger partial charge on any atom is -0.340 e. The van der Waals surface area contributed by atoms with Crippen molar-refractivity contribution in [1.29, 1.82) is 5.41 Å². The van der Waals surface area contributed by atoms with Crippen molar-refractivity contribution in [2.75, 3.05) is 11.9 Å². The minimum absolute atomic E-state index is 0.455. The molecule has 3 nitrogen and oxygen atoms in total. The molecule has 1 aliphatic rings. The molecule has 1 aliphatic heterocycles. The van der Waals surface area contributed by atoms with E-state index in [4.69, 9.17) is 5.41 Å². The van der Waals surface area contributed by atoms with Crippen molar-refractivity contribution in [2.24, 2.45) is 0 Å². The van der Waals surface area contributed by atoms with Crippen LogP contribution in [0.2, 0.25) is 0 Å². The lowest BCUT2D eigenvalue weighted by Gasteiger charge is -2.27. The van der Waals surface area contributed by atoms with Crippen LogP contribution < -0.4 is 10.6 Å². The fraction of sp³-hybridized carbons (Fsp3) is 0.353. The summed E-state index contributed by atoms with van der Waals surface area (Å²) in [5.41, 5.74) is 3.85. The molecule has 0 amide bonds. The van der Waals surface area contributed by atoms with Crippen LogP contribution in [0.25, 0.3) is 0 Å². The SMILES string of the molecule is CCCC1NCCc2ccc(NC(=N)c3cccs3)cc21. The summed E-state index contributed by atoms with van der Waals surface area (Å²) in [5, 5.41) is 17.0. The first-order valence-corrected chi connectivity index (χ1v) is 8.41. The van der Waals surface area contributed by atoms with E-state index in [9.17, 15) is 0 Å². The van der Waals surface area contributed by atoms with Gasteiger partial charge in [0, 0.05) is 11.7 Å². The van der Waals surface area contributed by atoms with Gasteiger partial charge in [-0.2, -0.15) is 0 Å². The highest BCUT2D eigenvalue weighted by Gasteiger charge is 2.19. The zero-order chi connectivity index (χ0) is 14.7. The summed E-state index contributed by atoms with van der Waals surface area (Å²) in [4.78, 5) is 0.968. The lowest BCUT2D eigenvalue weighted by Crippen LogP contribution is -2.29. The second-order valence-electron chi connectivity index (χ2n) is 5.44. The van der Waals surface area contributed by atoms with Gasteiger partial charge < -0.3 is 10.6 Å². The molecule has 110 valence electrons. The van der Waals surface area contributed by atoms with Gasteiger partial charge in [0.25, 0.3) is 0 Å². The molecule has 21 heavy (non-hydrogen) atoms. The summed E-state index contributed by atoms with van der Waals surface area (Å²) in [6, 6.07) is 10.9. The highest BCUT2D eigenvalue weighted by atomic mass is 32.1. The molecule has 1 unspecified atom stereocenters. The zero-order valence-electron chi connectivity index (χ0n) is 12.3. The van der Waals surface area contributed by atoms with E-state index in [1.54, 1.807) is 11.3 Å². The predicted octanol–water partition coefficient (Wildman–Crippen LogP) is 4.17. The van der Waals surface area contributed by atoms with Gasteiger partial charge in [0.05, 0.1) is 4.88 Å². The molecule has 2 aromatic rings. The minimum atomic E-state index is 0.455. The third-order valence-corrected chi connectivity index (χ3v) is 4.81. The fourth-order valence-electron chi connectivity index (χ4n) is 2.89. The van der Waals surface area contributed by atoms with Crippen LogP contribution in [-0.2, 0) is 6.42 Å². The second-order valence-corrected chi connectivity index (χ2v) is 6.38. The topological polar surface area (TPSA) is 47.9 Å². The highest BCUT2D eigenvalue weighted by Crippen LogP contribution is 2.29. The van der Waals surface area contributed by atoms with Gasteiger partial charge in [0.1, 0.15) is 5.84 Å². The number of anilines is 1. The van der Waals surface area contributed by atoms with Gasteiger partial charge in [-0.3, -0.25) is 5.41 Å². The van der Waals surface area contributed by atoms with Crippen molar-refractivity contribution < 1.29 is 0 Å². The third-order valence-electron chi connectivity index (χ3n) is 3.92. The summed E-state index contributed by atoms with van der Waals surface area (Å²) in [7, 11) is 0. The second kappa shape index (κ2) is 6.41. The summed E-state index contributed by atoms with van der Waals surface area (Å²) in [6.45, 7) is 3.29. The van der Waals surface area contributed by atoms with Crippen LogP contribution in [0.15, 0.2) is 35.7 Å². The Bertz CT molecular complexity index is 619. The van der Waals surface area contributed by atoms with Gasteiger partial charge in [0.15, 0.2) is 0 Å². The van der Waals surface area contributed by atoms with Gasteiger partial charge in [-0.15, -0.1) is 11.3 Å². The summed E-state index contributed by atoms with van der Waals surface area (Å²) >= 11 is 1.59. The van der Waals surface area contributed by atoms with Crippen LogP contribution in [0.5, 0.6) is 0 Å². The lowest BCUT2D eigenvalue weighted by molar-refractivity contribution is 0.471. The monoisotopic (exact) mass is 299 g/mol. The molecule has 0 fully saturated rings. The smallest absolute Gasteiger partial charge is 0.140 e. The molecule has 0 saturated heterocycles. The Morgan fingerprint density at radius 2 is 2.33 bits per heavy atom. The first-order valence-electron chi connectivity index (χ1n) is 7.53. The van der Waals surface area contributed by atoms with Crippen LogP contribution in [0.1, 0.15) is 41.8 Å². The maximum Gasteiger partial charge on any atom is 0.140 e. The van der Waals surface area contributed by atoms with Crippen molar-refractivity contribution in [1.82, 2.24) is 5.32 Å². The molecule has 0 bridgehead atoms. The Kier molecular flexibility index (Phi) is 4.36. The zero-order valence-corrected chi connectivity index (χ0v) is 13.1. The number of hydrogen-bond acceptors (Lipinski definition) is 3. The Labute approximate surface area is 129 Å². The Hall–Kier alpha value is -1.65. The van der Waals surface area contributed by atoms with Crippen LogP contribution in [0, 0.1) is 5.41 Å². The molecule has 1 aromatic carbocycles. The number of benzene rings is 1. The van der Waals surface area contributed by atoms with E-state index in [0.717, 1.165) is 23.5 Å². The van der Waals surface area contributed by atoms with Crippen LogP contribution in [-0.4, -0.2) is 12.4 Å². The average molecular weight is 299 g/mol. The van der Waals surface area contributed by atoms with Gasteiger partial charge in [0.2, 0.25) is 0 Å². The molecule has 1 aromatic heterocycles. The van der Waals surface area contributed by atoms with Gasteiger partial charge in [-0.1, -0.05) is 25.5 Å². The lowest BCUT2D eigenvalue weighted by atomic mass is 9.91.